The first-order valence-corrected chi connectivity index (χ1v) is 6.27. The molecule has 1 aliphatic carbocycles. The van der Waals surface area contributed by atoms with Crippen molar-refractivity contribution in [2.24, 2.45) is 5.92 Å². The second-order valence-corrected chi connectivity index (χ2v) is 4.82. The van der Waals surface area contributed by atoms with Crippen molar-refractivity contribution in [2.75, 3.05) is 7.11 Å². The average molecular weight is 236 g/mol. The third-order valence-electron chi connectivity index (χ3n) is 3.62. The molecule has 0 bridgehead atoms. The summed E-state index contributed by atoms with van der Waals surface area (Å²) in [7, 11) is 1.73. The number of ether oxygens (including phenoxy) is 1. The Bertz CT molecular complexity index is 422. The van der Waals surface area contributed by atoms with Crippen molar-refractivity contribution >= 4 is 0 Å². The zero-order valence-electron chi connectivity index (χ0n) is 10.6. The number of aromatic nitrogens is 2. The van der Waals surface area contributed by atoms with Crippen molar-refractivity contribution in [2.45, 2.75) is 45.3 Å². The van der Waals surface area contributed by atoms with Crippen LogP contribution >= 0.6 is 0 Å². The van der Waals surface area contributed by atoms with Crippen LogP contribution in [0.5, 0.6) is 0 Å². The molecule has 4 nitrogen and oxygen atoms in total. The minimum Gasteiger partial charge on any atom is -0.379 e. The predicted octanol–water partition coefficient (Wildman–Crippen LogP) is 1.76. The van der Waals surface area contributed by atoms with E-state index in [0.717, 1.165) is 5.69 Å². The first kappa shape index (κ1) is 12.3. The van der Waals surface area contributed by atoms with Crippen LogP contribution in [0.4, 0.5) is 0 Å². The molecule has 0 aromatic carbocycles. The smallest absolute Gasteiger partial charge is 0.347 e. The van der Waals surface area contributed by atoms with Gasteiger partial charge in [0, 0.05) is 19.0 Å². The zero-order chi connectivity index (χ0) is 12.3. The summed E-state index contributed by atoms with van der Waals surface area (Å²) in [5.74, 6) is 0.591. The van der Waals surface area contributed by atoms with Crippen LogP contribution in [0.3, 0.4) is 0 Å². The van der Waals surface area contributed by atoms with Crippen molar-refractivity contribution < 1.29 is 4.74 Å². The Labute approximate surface area is 102 Å². The minimum absolute atomic E-state index is 0.139. The molecule has 0 saturated heterocycles. The normalized spacial score (nSPS) is 18.5. The van der Waals surface area contributed by atoms with Gasteiger partial charge in [0.15, 0.2) is 0 Å². The Kier molecular flexibility index (Phi) is 3.94. The second kappa shape index (κ2) is 5.45. The van der Waals surface area contributed by atoms with Gasteiger partial charge in [-0.1, -0.05) is 12.8 Å². The summed E-state index contributed by atoms with van der Waals surface area (Å²) in [4.78, 5) is 15.6. The Balaban J connectivity index is 2.09. The van der Waals surface area contributed by atoms with E-state index in [4.69, 9.17) is 4.74 Å². The lowest BCUT2D eigenvalue weighted by molar-refractivity contribution is 0.0397. The number of hydrogen-bond acceptors (Lipinski definition) is 3. The van der Waals surface area contributed by atoms with Gasteiger partial charge in [0.1, 0.15) is 0 Å². The predicted molar refractivity (Wildman–Crippen MR) is 66.0 cm³/mol. The van der Waals surface area contributed by atoms with Gasteiger partial charge in [0.05, 0.1) is 12.6 Å². The van der Waals surface area contributed by atoms with E-state index in [1.165, 1.54) is 25.7 Å². The van der Waals surface area contributed by atoms with Gasteiger partial charge >= 0.3 is 5.69 Å². The summed E-state index contributed by atoms with van der Waals surface area (Å²) in [5.41, 5.74) is 0.589. The molecule has 94 valence electrons. The van der Waals surface area contributed by atoms with Crippen LogP contribution in [0.1, 0.15) is 31.4 Å². The highest BCUT2D eigenvalue weighted by molar-refractivity contribution is 4.96. The van der Waals surface area contributed by atoms with Gasteiger partial charge in [0.25, 0.3) is 0 Å². The molecule has 17 heavy (non-hydrogen) atoms. The fourth-order valence-corrected chi connectivity index (χ4v) is 2.59. The highest BCUT2D eigenvalue weighted by atomic mass is 16.5. The van der Waals surface area contributed by atoms with E-state index in [1.54, 1.807) is 11.7 Å². The third kappa shape index (κ3) is 2.94. The van der Waals surface area contributed by atoms with E-state index in [1.807, 2.05) is 19.2 Å². The van der Waals surface area contributed by atoms with Gasteiger partial charge in [0.2, 0.25) is 0 Å². The number of rotatable bonds is 4. The highest BCUT2D eigenvalue weighted by Gasteiger charge is 2.25. The lowest BCUT2D eigenvalue weighted by Gasteiger charge is -2.22. The molecule has 1 aliphatic rings. The first-order valence-electron chi connectivity index (χ1n) is 6.27. The summed E-state index contributed by atoms with van der Waals surface area (Å²) < 4.78 is 7.19. The van der Waals surface area contributed by atoms with Crippen LogP contribution in [0, 0.1) is 12.8 Å². The number of methoxy groups -OCH3 is 1. The summed E-state index contributed by atoms with van der Waals surface area (Å²) in [6.45, 7) is 2.45. The first-order chi connectivity index (χ1) is 8.20. The van der Waals surface area contributed by atoms with E-state index < -0.39 is 0 Å². The molecule has 1 aromatic heterocycles. The quantitative estimate of drug-likeness (QED) is 0.800. The molecule has 1 fully saturated rings. The van der Waals surface area contributed by atoms with E-state index in [2.05, 4.69) is 4.98 Å². The molecular weight excluding hydrogens is 216 g/mol. The molecule has 0 N–H and O–H groups in total. The summed E-state index contributed by atoms with van der Waals surface area (Å²) in [5, 5.41) is 0. The topological polar surface area (TPSA) is 44.1 Å². The molecule has 0 radical (unpaired) electrons. The standard InChI is InChI=1S/C13H20N2O2/c1-10-7-8-15(13(16)14-10)9-12(17-2)11-5-3-4-6-11/h7-8,11-12H,3-6,9H2,1-2H3. The number of nitrogens with zero attached hydrogens (tertiary/aromatic N) is 2. The highest BCUT2D eigenvalue weighted by Crippen LogP contribution is 2.29. The van der Waals surface area contributed by atoms with Gasteiger partial charge < -0.3 is 4.74 Å². The van der Waals surface area contributed by atoms with Crippen molar-refractivity contribution in [3.63, 3.8) is 0 Å². The maximum Gasteiger partial charge on any atom is 0.347 e. The monoisotopic (exact) mass is 236 g/mol. The molecule has 1 atom stereocenters. The molecule has 2 rings (SSSR count). The molecule has 1 unspecified atom stereocenters. The molecule has 0 aliphatic heterocycles. The molecule has 1 saturated carbocycles. The van der Waals surface area contributed by atoms with Crippen molar-refractivity contribution in [1.82, 2.24) is 9.55 Å². The SMILES string of the molecule is COC(Cn1ccc(C)nc1=O)C1CCCC1. The van der Waals surface area contributed by atoms with Gasteiger partial charge in [-0.15, -0.1) is 0 Å². The minimum atomic E-state index is -0.176. The van der Waals surface area contributed by atoms with Gasteiger partial charge in [-0.3, -0.25) is 4.57 Å². The van der Waals surface area contributed by atoms with Crippen LogP contribution in [-0.4, -0.2) is 22.8 Å². The van der Waals surface area contributed by atoms with Gasteiger partial charge in [-0.05, 0) is 31.7 Å². The van der Waals surface area contributed by atoms with Crippen LogP contribution in [0.2, 0.25) is 0 Å². The average Bonchev–Trinajstić information content (AvgIpc) is 2.81. The van der Waals surface area contributed by atoms with E-state index in [9.17, 15) is 4.79 Å². The Morgan fingerprint density at radius 2 is 2.24 bits per heavy atom. The zero-order valence-corrected chi connectivity index (χ0v) is 10.6. The molecule has 0 spiro atoms. The van der Waals surface area contributed by atoms with Crippen LogP contribution in [0.25, 0.3) is 0 Å². The lowest BCUT2D eigenvalue weighted by Crippen LogP contribution is -2.33. The fourth-order valence-electron chi connectivity index (χ4n) is 2.59. The van der Waals surface area contributed by atoms with Crippen molar-refractivity contribution in [3.8, 4) is 0 Å². The second-order valence-electron chi connectivity index (χ2n) is 4.82. The molecular formula is C13H20N2O2. The Hall–Kier alpha value is -1.16. The van der Waals surface area contributed by atoms with Gasteiger partial charge in [-0.25, -0.2) is 4.79 Å². The van der Waals surface area contributed by atoms with Crippen LogP contribution in [0.15, 0.2) is 17.1 Å². The molecule has 4 heteroatoms. The van der Waals surface area contributed by atoms with Crippen molar-refractivity contribution in [3.05, 3.63) is 28.4 Å². The van der Waals surface area contributed by atoms with E-state index in [0.29, 0.717) is 12.5 Å². The summed E-state index contributed by atoms with van der Waals surface area (Å²) in [6, 6.07) is 1.86. The number of hydrogen-bond donors (Lipinski definition) is 0. The fraction of sp³-hybridized carbons (Fsp3) is 0.692. The van der Waals surface area contributed by atoms with Crippen molar-refractivity contribution in [1.29, 1.82) is 0 Å². The summed E-state index contributed by atoms with van der Waals surface area (Å²) in [6.07, 6.45) is 6.95. The Morgan fingerprint density at radius 3 is 2.82 bits per heavy atom. The maximum absolute atomic E-state index is 11.7. The molecule has 0 amide bonds. The van der Waals surface area contributed by atoms with Crippen LogP contribution in [-0.2, 0) is 11.3 Å². The van der Waals surface area contributed by atoms with Crippen LogP contribution < -0.4 is 5.69 Å². The largest absolute Gasteiger partial charge is 0.379 e. The van der Waals surface area contributed by atoms with Gasteiger partial charge in [-0.2, -0.15) is 4.98 Å². The number of aryl methyl sites for hydroxylation is 1. The third-order valence-corrected chi connectivity index (χ3v) is 3.62. The molecule has 1 aromatic rings. The summed E-state index contributed by atoms with van der Waals surface area (Å²) >= 11 is 0. The van der Waals surface area contributed by atoms with E-state index in [-0.39, 0.29) is 11.8 Å². The Morgan fingerprint density at radius 1 is 1.53 bits per heavy atom. The maximum atomic E-state index is 11.7. The van der Waals surface area contributed by atoms with E-state index >= 15 is 0 Å². The lowest BCUT2D eigenvalue weighted by atomic mass is 10.0. The molecule has 1 heterocycles.